The summed E-state index contributed by atoms with van der Waals surface area (Å²) in [7, 11) is 0. The molecule has 2 aromatic carbocycles. The van der Waals surface area contributed by atoms with Crippen LogP contribution in [0.2, 0.25) is 0 Å². The number of allylic oxidation sites excluding steroid dienone is 1. The number of rotatable bonds is 2. The van der Waals surface area contributed by atoms with Crippen molar-refractivity contribution < 1.29 is 4.74 Å². The van der Waals surface area contributed by atoms with Crippen LogP contribution in [0.3, 0.4) is 0 Å². The molecule has 2 aliphatic heterocycles. The number of ether oxygens (including phenoxy) is 1. The van der Waals surface area contributed by atoms with E-state index in [1.165, 1.54) is 0 Å². The van der Waals surface area contributed by atoms with E-state index in [1.807, 2.05) is 48.5 Å². The third-order valence-corrected chi connectivity index (χ3v) is 4.72. The SMILES string of the molecule is N#CC1=C(N)OC2=C(CNC/C2=C\c2ccccc2)C1c1ccccc1. The van der Waals surface area contributed by atoms with Crippen molar-refractivity contribution in [3.8, 4) is 6.07 Å². The minimum Gasteiger partial charge on any atom is -0.440 e. The van der Waals surface area contributed by atoms with E-state index in [9.17, 15) is 5.26 Å². The molecule has 0 aliphatic carbocycles. The van der Waals surface area contributed by atoms with E-state index in [2.05, 4.69) is 29.6 Å². The fourth-order valence-corrected chi connectivity index (χ4v) is 3.54. The fraction of sp³-hybridized carbons (Fsp3) is 0.136. The van der Waals surface area contributed by atoms with Gasteiger partial charge in [0.25, 0.3) is 0 Å². The number of nitrogens with zero attached hydrogens (tertiary/aromatic N) is 1. The van der Waals surface area contributed by atoms with E-state index < -0.39 is 0 Å². The predicted octanol–water partition coefficient (Wildman–Crippen LogP) is 3.44. The minimum atomic E-state index is -0.183. The predicted molar refractivity (Wildman–Crippen MR) is 101 cm³/mol. The average Bonchev–Trinajstić information content (AvgIpc) is 2.69. The quantitative estimate of drug-likeness (QED) is 0.878. The summed E-state index contributed by atoms with van der Waals surface area (Å²) in [6.07, 6.45) is 2.11. The van der Waals surface area contributed by atoms with Crippen molar-refractivity contribution in [2.24, 2.45) is 5.73 Å². The molecule has 0 fully saturated rings. The zero-order chi connectivity index (χ0) is 17.9. The zero-order valence-corrected chi connectivity index (χ0v) is 14.3. The highest BCUT2D eigenvalue weighted by Gasteiger charge is 2.35. The molecule has 0 saturated carbocycles. The maximum absolute atomic E-state index is 9.66. The summed E-state index contributed by atoms with van der Waals surface area (Å²) in [4.78, 5) is 0. The van der Waals surface area contributed by atoms with Gasteiger partial charge < -0.3 is 15.8 Å². The lowest BCUT2D eigenvalue weighted by Gasteiger charge is -2.33. The van der Waals surface area contributed by atoms with Crippen molar-refractivity contribution in [1.82, 2.24) is 5.32 Å². The molecule has 0 amide bonds. The van der Waals surface area contributed by atoms with Crippen molar-refractivity contribution in [3.63, 3.8) is 0 Å². The van der Waals surface area contributed by atoms with Gasteiger partial charge in [0.15, 0.2) is 0 Å². The molecule has 128 valence electrons. The van der Waals surface area contributed by atoms with Gasteiger partial charge in [0.2, 0.25) is 5.88 Å². The van der Waals surface area contributed by atoms with Crippen molar-refractivity contribution in [1.29, 1.82) is 5.26 Å². The molecule has 1 unspecified atom stereocenters. The molecule has 0 saturated heterocycles. The third-order valence-electron chi connectivity index (χ3n) is 4.72. The van der Waals surface area contributed by atoms with Crippen LogP contribution in [0, 0.1) is 11.3 Å². The molecule has 3 N–H and O–H groups in total. The Balaban J connectivity index is 1.84. The molecule has 0 aromatic heterocycles. The minimum absolute atomic E-state index is 0.183. The Morgan fingerprint density at radius 3 is 2.42 bits per heavy atom. The lowest BCUT2D eigenvalue weighted by molar-refractivity contribution is 0.279. The molecule has 0 spiro atoms. The van der Waals surface area contributed by atoms with Crippen molar-refractivity contribution >= 4 is 6.08 Å². The second-order valence-electron chi connectivity index (χ2n) is 6.37. The Morgan fingerprint density at radius 1 is 1.04 bits per heavy atom. The van der Waals surface area contributed by atoms with Crippen LogP contribution in [-0.2, 0) is 4.74 Å². The van der Waals surface area contributed by atoms with Crippen LogP contribution in [0.1, 0.15) is 17.0 Å². The molecule has 4 nitrogen and oxygen atoms in total. The highest BCUT2D eigenvalue weighted by atomic mass is 16.5. The number of nitrogens with two attached hydrogens (primary N) is 1. The fourth-order valence-electron chi connectivity index (χ4n) is 3.54. The number of benzene rings is 2. The van der Waals surface area contributed by atoms with Gasteiger partial charge in [0, 0.05) is 18.7 Å². The molecule has 4 heteroatoms. The van der Waals surface area contributed by atoms with Crippen LogP contribution >= 0.6 is 0 Å². The van der Waals surface area contributed by atoms with Gasteiger partial charge >= 0.3 is 0 Å². The number of nitrogens with one attached hydrogen (secondary N) is 1. The Bertz CT molecular complexity index is 950. The standard InChI is InChI=1S/C22H19N3O/c23-12-18-20(16-9-5-2-6-10-16)19-14-25-13-17(21(19)26-22(18)24)11-15-7-3-1-4-8-15/h1-11,20,25H,13-14,24H2/b17-11+. The van der Waals surface area contributed by atoms with Crippen LogP contribution in [0.4, 0.5) is 0 Å². The van der Waals surface area contributed by atoms with E-state index >= 15 is 0 Å². The average molecular weight is 341 g/mol. The van der Waals surface area contributed by atoms with Gasteiger partial charge in [0.05, 0.1) is 5.92 Å². The summed E-state index contributed by atoms with van der Waals surface area (Å²) in [6, 6.07) is 22.4. The van der Waals surface area contributed by atoms with Crippen LogP contribution < -0.4 is 11.1 Å². The van der Waals surface area contributed by atoms with E-state index in [0.717, 1.165) is 28.0 Å². The lowest BCUT2D eigenvalue weighted by Crippen LogP contribution is -2.34. The topological polar surface area (TPSA) is 71.1 Å². The van der Waals surface area contributed by atoms with E-state index in [-0.39, 0.29) is 11.8 Å². The van der Waals surface area contributed by atoms with Gasteiger partial charge in [-0.05, 0) is 22.8 Å². The lowest BCUT2D eigenvalue weighted by atomic mass is 9.80. The Morgan fingerprint density at radius 2 is 1.73 bits per heavy atom. The van der Waals surface area contributed by atoms with Gasteiger partial charge in [-0.1, -0.05) is 60.7 Å². The molecule has 4 rings (SSSR count). The van der Waals surface area contributed by atoms with Crippen LogP contribution in [0.5, 0.6) is 0 Å². The number of hydrogen-bond acceptors (Lipinski definition) is 4. The molecule has 2 aliphatic rings. The first-order chi connectivity index (χ1) is 12.8. The molecule has 2 aromatic rings. The maximum Gasteiger partial charge on any atom is 0.205 e. The van der Waals surface area contributed by atoms with Gasteiger partial charge in [-0.3, -0.25) is 0 Å². The summed E-state index contributed by atoms with van der Waals surface area (Å²) in [6.45, 7) is 1.36. The maximum atomic E-state index is 9.66. The molecule has 2 heterocycles. The molecule has 26 heavy (non-hydrogen) atoms. The van der Waals surface area contributed by atoms with Crippen molar-refractivity contribution in [3.05, 3.63) is 100 Å². The zero-order valence-electron chi connectivity index (χ0n) is 14.3. The summed E-state index contributed by atoms with van der Waals surface area (Å²) >= 11 is 0. The van der Waals surface area contributed by atoms with Crippen LogP contribution in [-0.4, -0.2) is 13.1 Å². The van der Waals surface area contributed by atoms with Gasteiger partial charge in [-0.25, -0.2) is 0 Å². The normalized spacial score (nSPS) is 21.2. The van der Waals surface area contributed by atoms with E-state index in [1.54, 1.807) is 0 Å². The first-order valence-electron chi connectivity index (χ1n) is 8.60. The molecular weight excluding hydrogens is 322 g/mol. The largest absolute Gasteiger partial charge is 0.440 e. The third kappa shape index (κ3) is 2.90. The van der Waals surface area contributed by atoms with Gasteiger partial charge in [-0.2, -0.15) is 5.26 Å². The Labute approximate surface area is 152 Å². The first kappa shape index (κ1) is 16.2. The summed E-state index contributed by atoms with van der Waals surface area (Å²) in [5, 5.41) is 13.1. The Hall–Kier alpha value is -3.29. The Kier molecular flexibility index (Phi) is 4.30. The molecule has 0 radical (unpaired) electrons. The summed E-state index contributed by atoms with van der Waals surface area (Å²) in [5.74, 6) is 0.802. The highest BCUT2D eigenvalue weighted by Crippen LogP contribution is 2.42. The van der Waals surface area contributed by atoms with Gasteiger partial charge in [-0.15, -0.1) is 0 Å². The van der Waals surface area contributed by atoms with Crippen LogP contribution in [0.25, 0.3) is 6.08 Å². The smallest absolute Gasteiger partial charge is 0.205 e. The first-order valence-corrected chi connectivity index (χ1v) is 8.60. The monoisotopic (exact) mass is 341 g/mol. The summed E-state index contributed by atoms with van der Waals surface area (Å²) in [5.41, 5.74) is 10.8. The number of hydrogen-bond donors (Lipinski definition) is 2. The molecular formula is C22H19N3O. The van der Waals surface area contributed by atoms with Gasteiger partial charge in [0.1, 0.15) is 17.4 Å². The van der Waals surface area contributed by atoms with Crippen molar-refractivity contribution in [2.75, 3.05) is 13.1 Å². The molecule has 0 bridgehead atoms. The number of nitriles is 1. The second kappa shape index (κ2) is 6.91. The summed E-state index contributed by atoms with van der Waals surface area (Å²) < 4.78 is 5.94. The second-order valence-corrected chi connectivity index (χ2v) is 6.37. The highest BCUT2D eigenvalue weighted by molar-refractivity contribution is 5.62. The molecule has 1 atom stereocenters. The van der Waals surface area contributed by atoms with E-state index in [0.29, 0.717) is 18.7 Å². The van der Waals surface area contributed by atoms with E-state index in [4.69, 9.17) is 10.5 Å². The van der Waals surface area contributed by atoms with Crippen LogP contribution in [0.15, 0.2) is 89.0 Å². The van der Waals surface area contributed by atoms with Crippen molar-refractivity contribution in [2.45, 2.75) is 5.92 Å².